The fourth-order valence-corrected chi connectivity index (χ4v) is 2.83. The molecule has 0 radical (unpaired) electrons. The molecule has 1 aliphatic heterocycles. The van der Waals surface area contributed by atoms with Gasteiger partial charge in [-0.15, -0.1) is 11.3 Å². The Morgan fingerprint density at radius 2 is 2.15 bits per heavy atom. The molecular weight excluding hydrogens is 280 g/mol. The second-order valence-electron chi connectivity index (χ2n) is 4.90. The van der Waals surface area contributed by atoms with E-state index in [9.17, 15) is 14.4 Å². The summed E-state index contributed by atoms with van der Waals surface area (Å²) >= 11 is 1.34. The number of thiophene rings is 1. The van der Waals surface area contributed by atoms with Crippen molar-refractivity contribution in [3.8, 4) is 0 Å². The Labute approximate surface area is 120 Å². The summed E-state index contributed by atoms with van der Waals surface area (Å²) in [5, 5.41) is 10.5. The van der Waals surface area contributed by atoms with E-state index in [1.807, 2.05) is 5.38 Å². The van der Waals surface area contributed by atoms with Crippen LogP contribution in [-0.4, -0.2) is 59.4 Å². The number of nitrogens with zero attached hydrogens (tertiary/aromatic N) is 2. The van der Waals surface area contributed by atoms with E-state index >= 15 is 0 Å². The number of carbonyl (C=O) groups excluding carboxylic acids is 2. The summed E-state index contributed by atoms with van der Waals surface area (Å²) in [6.07, 6.45) is 0.0910. The predicted octanol–water partition coefficient (Wildman–Crippen LogP) is 0.753. The molecule has 1 saturated heterocycles. The van der Waals surface area contributed by atoms with Crippen LogP contribution in [0.1, 0.15) is 16.1 Å². The third kappa shape index (κ3) is 3.36. The number of hydrogen-bond acceptors (Lipinski definition) is 4. The minimum Gasteiger partial charge on any atom is -0.481 e. The summed E-state index contributed by atoms with van der Waals surface area (Å²) in [6, 6.07) is 3.51. The SMILES string of the molecule is CN(CC(=O)N1CC(CC(=O)O)C1)C(=O)c1cccs1. The highest BCUT2D eigenvalue weighted by molar-refractivity contribution is 7.12. The van der Waals surface area contributed by atoms with Crippen molar-refractivity contribution in [1.82, 2.24) is 9.80 Å². The lowest BCUT2D eigenvalue weighted by molar-refractivity contribution is -0.145. The third-order valence-electron chi connectivity index (χ3n) is 3.22. The van der Waals surface area contributed by atoms with E-state index in [2.05, 4.69) is 0 Å². The van der Waals surface area contributed by atoms with E-state index in [-0.39, 0.29) is 30.7 Å². The maximum atomic E-state index is 12.0. The van der Waals surface area contributed by atoms with Crippen molar-refractivity contribution >= 4 is 29.1 Å². The van der Waals surface area contributed by atoms with Crippen molar-refractivity contribution in [2.75, 3.05) is 26.7 Å². The molecule has 108 valence electrons. The lowest BCUT2D eigenvalue weighted by Gasteiger charge is -2.39. The van der Waals surface area contributed by atoms with Crippen LogP contribution in [0.3, 0.4) is 0 Å². The number of carboxylic acid groups (broad SMARTS) is 1. The van der Waals surface area contributed by atoms with Gasteiger partial charge in [0.1, 0.15) is 0 Å². The number of amides is 2. The van der Waals surface area contributed by atoms with Gasteiger partial charge in [-0.2, -0.15) is 0 Å². The Bertz CT molecular complexity index is 508. The minimum absolute atomic E-state index is 0.0243. The molecule has 1 fully saturated rings. The summed E-state index contributed by atoms with van der Waals surface area (Å²) in [6.45, 7) is 0.953. The Morgan fingerprint density at radius 1 is 1.45 bits per heavy atom. The van der Waals surface area contributed by atoms with Gasteiger partial charge in [-0.3, -0.25) is 14.4 Å². The van der Waals surface area contributed by atoms with Crippen LogP contribution in [0.4, 0.5) is 0 Å². The highest BCUT2D eigenvalue weighted by Gasteiger charge is 2.32. The number of aliphatic carboxylic acids is 1. The molecule has 6 nitrogen and oxygen atoms in total. The average Bonchev–Trinajstić information content (AvgIpc) is 2.85. The molecule has 0 aromatic carbocycles. The van der Waals surface area contributed by atoms with Crippen LogP contribution in [0.25, 0.3) is 0 Å². The second kappa shape index (κ2) is 6.04. The smallest absolute Gasteiger partial charge is 0.303 e. The van der Waals surface area contributed by atoms with Crippen molar-refractivity contribution < 1.29 is 19.5 Å². The van der Waals surface area contributed by atoms with E-state index in [0.29, 0.717) is 18.0 Å². The number of carbonyl (C=O) groups is 3. The molecule has 0 atom stereocenters. The summed E-state index contributed by atoms with van der Waals surface area (Å²) in [4.78, 5) is 38.0. The number of rotatable bonds is 5. The highest BCUT2D eigenvalue weighted by atomic mass is 32.1. The molecular formula is C13H16N2O4S. The molecule has 2 heterocycles. The minimum atomic E-state index is -0.841. The molecule has 0 unspecified atom stereocenters. The summed E-state index contributed by atoms with van der Waals surface area (Å²) in [5.41, 5.74) is 0. The number of likely N-dealkylation sites (tertiary alicyclic amines) is 1. The predicted molar refractivity (Wildman–Crippen MR) is 73.6 cm³/mol. The molecule has 0 bridgehead atoms. The molecule has 1 aliphatic rings. The lowest BCUT2D eigenvalue weighted by atomic mass is 9.96. The van der Waals surface area contributed by atoms with Gasteiger partial charge in [-0.1, -0.05) is 6.07 Å². The molecule has 20 heavy (non-hydrogen) atoms. The first-order chi connectivity index (χ1) is 9.47. The Morgan fingerprint density at radius 3 is 2.70 bits per heavy atom. The zero-order valence-electron chi connectivity index (χ0n) is 11.1. The zero-order valence-corrected chi connectivity index (χ0v) is 11.9. The monoisotopic (exact) mass is 296 g/mol. The second-order valence-corrected chi connectivity index (χ2v) is 5.85. The Hall–Kier alpha value is -1.89. The van der Waals surface area contributed by atoms with Gasteiger partial charge in [0.25, 0.3) is 5.91 Å². The van der Waals surface area contributed by atoms with Gasteiger partial charge >= 0.3 is 5.97 Å². The van der Waals surface area contributed by atoms with Gasteiger partial charge in [0.05, 0.1) is 17.8 Å². The largest absolute Gasteiger partial charge is 0.481 e. The van der Waals surface area contributed by atoms with Crippen LogP contribution >= 0.6 is 11.3 Å². The lowest BCUT2D eigenvalue weighted by Crippen LogP contribution is -2.53. The summed E-state index contributed by atoms with van der Waals surface area (Å²) in [5.74, 6) is -1.11. The van der Waals surface area contributed by atoms with Crippen LogP contribution < -0.4 is 0 Å². The van der Waals surface area contributed by atoms with Gasteiger partial charge in [-0.25, -0.2) is 0 Å². The molecule has 1 aromatic heterocycles. The van der Waals surface area contributed by atoms with E-state index in [1.54, 1.807) is 24.1 Å². The maximum absolute atomic E-state index is 12.0. The molecule has 0 aliphatic carbocycles. The quantitative estimate of drug-likeness (QED) is 0.870. The van der Waals surface area contributed by atoms with Crippen molar-refractivity contribution in [3.05, 3.63) is 22.4 Å². The topological polar surface area (TPSA) is 77.9 Å². The first kappa shape index (κ1) is 14.5. The van der Waals surface area contributed by atoms with Crippen LogP contribution in [-0.2, 0) is 9.59 Å². The van der Waals surface area contributed by atoms with Gasteiger partial charge in [-0.05, 0) is 11.4 Å². The van der Waals surface area contributed by atoms with Crippen LogP contribution in [0.15, 0.2) is 17.5 Å². The van der Waals surface area contributed by atoms with Crippen molar-refractivity contribution in [1.29, 1.82) is 0 Å². The normalized spacial score (nSPS) is 14.8. The van der Waals surface area contributed by atoms with Gasteiger partial charge in [0.15, 0.2) is 0 Å². The van der Waals surface area contributed by atoms with Crippen molar-refractivity contribution in [2.24, 2.45) is 5.92 Å². The molecule has 0 spiro atoms. The van der Waals surface area contributed by atoms with E-state index in [1.165, 1.54) is 16.2 Å². The Balaban J connectivity index is 1.78. The van der Waals surface area contributed by atoms with E-state index < -0.39 is 5.97 Å². The zero-order chi connectivity index (χ0) is 14.7. The maximum Gasteiger partial charge on any atom is 0.303 e. The van der Waals surface area contributed by atoms with Crippen molar-refractivity contribution in [2.45, 2.75) is 6.42 Å². The molecule has 2 rings (SSSR count). The molecule has 2 amide bonds. The van der Waals surface area contributed by atoms with Crippen LogP contribution in [0, 0.1) is 5.92 Å². The summed E-state index contributed by atoms with van der Waals surface area (Å²) < 4.78 is 0. The van der Waals surface area contributed by atoms with Gasteiger partial charge < -0.3 is 14.9 Å². The molecule has 1 aromatic rings. The highest BCUT2D eigenvalue weighted by Crippen LogP contribution is 2.19. The molecule has 0 saturated carbocycles. The van der Waals surface area contributed by atoms with Crippen LogP contribution in [0.2, 0.25) is 0 Å². The van der Waals surface area contributed by atoms with Crippen molar-refractivity contribution in [3.63, 3.8) is 0 Å². The standard InChI is InChI=1S/C13H16N2O4S/c1-14(13(19)10-3-2-4-20-10)8-11(16)15-6-9(7-15)5-12(17)18/h2-4,9H,5-8H2,1H3,(H,17,18). The first-order valence-electron chi connectivity index (χ1n) is 6.26. The number of hydrogen-bond donors (Lipinski definition) is 1. The Kier molecular flexibility index (Phi) is 4.39. The number of carboxylic acids is 1. The molecule has 1 N–H and O–H groups in total. The van der Waals surface area contributed by atoms with E-state index in [4.69, 9.17) is 5.11 Å². The number of likely N-dealkylation sites (N-methyl/N-ethyl adjacent to an activating group) is 1. The fourth-order valence-electron chi connectivity index (χ4n) is 2.11. The first-order valence-corrected chi connectivity index (χ1v) is 7.14. The van der Waals surface area contributed by atoms with Gasteiger partial charge in [0.2, 0.25) is 5.91 Å². The van der Waals surface area contributed by atoms with Crippen LogP contribution in [0.5, 0.6) is 0 Å². The third-order valence-corrected chi connectivity index (χ3v) is 4.08. The van der Waals surface area contributed by atoms with Gasteiger partial charge in [0, 0.05) is 26.1 Å². The van der Waals surface area contributed by atoms with E-state index in [0.717, 1.165) is 0 Å². The molecule has 7 heteroatoms. The average molecular weight is 296 g/mol. The fraction of sp³-hybridized carbons (Fsp3) is 0.462. The summed E-state index contributed by atoms with van der Waals surface area (Å²) in [7, 11) is 1.59.